The van der Waals surface area contributed by atoms with E-state index in [2.05, 4.69) is 10.2 Å². The summed E-state index contributed by atoms with van der Waals surface area (Å²) < 4.78 is 4.85. The van der Waals surface area contributed by atoms with Gasteiger partial charge in [0.15, 0.2) is 0 Å². The van der Waals surface area contributed by atoms with E-state index in [0.717, 1.165) is 42.7 Å². The molecule has 7 heteroatoms. The number of ether oxygens (including phenoxy) is 1. The van der Waals surface area contributed by atoms with Crippen molar-refractivity contribution in [2.45, 2.75) is 32.2 Å². The number of carbonyl (C=O) groups is 3. The molecule has 1 N–H and O–H groups in total. The van der Waals surface area contributed by atoms with Crippen LogP contribution in [0, 0.1) is 0 Å². The van der Waals surface area contributed by atoms with Crippen LogP contribution in [0.15, 0.2) is 48.7 Å². The first-order valence-electron chi connectivity index (χ1n) is 10.8. The van der Waals surface area contributed by atoms with Crippen LogP contribution in [0.4, 0.5) is 11.4 Å². The molecule has 1 fully saturated rings. The highest BCUT2D eigenvalue weighted by atomic mass is 16.5. The van der Waals surface area contributed by atoms with Gasteiger partial charge in [-0.3, -0.25) is 9.59 Å². The van der Waals surface area contributed by atoms with Crippen LogP contribution in [0.5, 0.6) is 0 Å². The van der Waals surface area contributed by atoms with Crippen molar-refractivity contribution in [2.75, 3.05) is 30.4 Å². The Morgan fingerprint density at radius 2 is 1.84 bits per heavy atom. The van der Waals surface area contributed by atoms with E-state index in [1.807, 2.05) is 36.4 Å². The molecule has 0 aromatic heterocycles. The van der Waals surface area contributed by atoms with Crippen LogP contribution in [0.25, 0.3) is 6.08 Å². The van der Waals surface area contributed by atoms with Crippen molar-refractivity contribution in [3.63, 3.8) is 0 Å². The maximum atomic E-state index is 13.2. The zero-order chi connectivity index (χ0) is 22.7. The third-order valence-corrected chi connectivity index (χ3v) is 5.99. The van der Waals surface area contributed by atoms with Crippen molar-refractivity contribution in [1.29, 1.82) is 0 Å². The second-order valence-corrected chi connectivity index (χ2v) is 8.06. The largest absolute Gasteiger partial charge is 0.465 e. The highest BCUT2D eigenvalue weighted by Crippen LogP contribution is 2.34. The molecular formula is C25H27N3O4. The standard InChI is InChI=1S/C25H27N3O4/c1-17(29)28-14-11-18-7-3-4-8-20(18)23(28)16-24(30)26-21-15-19(25(31)32-2)9-10-22(21)27-12-5-6-13-27/h3-4,7-11,14-15,23H,5-6,12-13,16H2,1-2H3,(H,26,30). The zero-order valence-electron chi connectivity index (χ0n) is 18.3. The zero-order valence-corrected chi connectivity index (χ0v) is 18.3. The number of methoxy groups -OCH3 is 1. The van der Waals surface area contributed by atoms with Gasteiger partial charge in [-0.1, -0.05) is 24.3 Å². The smallest absolute Gasteiger partial charge is 0.337 e. The number of hydrogen-bond donors (Lipinski definition) is 1. The Labute approximate surface area is 187 Å². The van der Waals surface area contributed by atoms with Gasteiger partial charge in [-0.2, -0.15) is 0 Å². The number of nitrogens with zero attached hydrogens (tertiary/aromatic N) is 2. The molecule has 0 saturated carbocycles. The average Bonchev–Trinajstić information content (AvgIpc) is 3.33. The van der Waals surface area contributed by atoms with Gasteiger partial charge < -0.3 is 19.9 Å². The molecule has 2 amide bonds. The first-order chi connectivity index (χ1) is 15.5. The molecule has 1 atom stereocenters. The molecule has 0 aliphatic carbocycles. The molecule has 1 saturated heterocycles. The van der Waals surface area contributed by atoms with E-state index in [1.165, 1.54) is 14.0 Å². The van der Waals surface area contributed by atoms with Crippen molar-refractivity contribution in [1.82, 2.24) is 4.90 Å². The van der Waals surface area contributed by atoms with Gasteiger partial charge in [-0.25, -0.2) is 4.79 Å². The van der Waals surface area contributed by atoms with Gasteiger partial charge in [0, 0.05) is 26.2 Å². The van der Waals surface area contributed by atoms with Crippen LogP contribution in [-0.4, -0.2) is 42.9 Å². The third-order valence-electron chi connectivity index (χ3n) is 5.99. The third kappa shape index (κ3) is 4.37. The van der Waals surface area contributed by atoms with Crippen molar-refractivity contribution in [2.24, 2.45) is 0 Å². The molecule has 0 radical (unpaired) electrons. The Balaban J connectivity index is 1.61. The van der Waals surface area contributed by atoms with Crippen LogP contribution in [0.2, 0.25) is 0 Å². The molecule has 2 heterocycles. The molecule has 1 unspecified atom stereocenters. The highest BCUT2D eigenvalue weighted by molar-refractivity contribution is 5.98. The molecule has 32 heavy (non-hydrogen) atoms. The highest BCUT2D eigenvalue weighted by Gasteiger charge is 2.29. The molecule has 2 aliphatic rings. The number of nitrogens with one attached hydrogen (secondary N) is 1. The lowest BCUT2D eigenvalue weighted by Gasteiger charge is -2.32. The second kappa shape index (κ2) is 9.26. The van der Waals surface area contributed by atoms with Crippen molar-refractivity contribution < 1.29 is 19.1 Å². The number of fused-ring (bicyclic) bond motifs is 1. The predicted octanol–water partition coefficient (Wildman–Crippen LogP) is 3.98. The summed E-state index contributed by atoms with van der Waals surface area (Å²) in [5.41, 5.74) is 3.77. The maximum absolute atomic E-state index is 13.2. The van der Waals surface area contributed by atoms with Gasteiger partial charge in [0.05, 0.1) is 36.5 Å². The van der Waals surface area contributed by atoms with Crippen LogP contribution in [-0.2, 0) is 14.3 Å². The summed E-state index contributed by atoms with van der Waals surface area (Å²) in [6.07, 6.45) is 5.89. The number of hydrogen-bond acceptors (Lipinski definition) is 5. The van der Waals surface area contributed by atoms with Gasteiger partial charge in [0.2, 0.25) is 11.8 Å². The Morgan fingerprint density at radius 1 is 1.09 bits per heavy atom. The monoisotopic (exact) mass is 433 g/mol. The second-order valence-electron chi connectivity index (χ2n) is 8.06. The molecule has 2 aromatic rings. The van der Waals surface area contributed by atoms with Gasteiger partial charge in [0.25, 0.3) is 0 Å². The lowest BCUT2D eigenvalue weighted by atomic mass is 9.93. The van der Waals surface area contributed by atoms with Gasteiger partial charge in [-0.05, 0) is 48.2 Å². The lowest BCUT2D eigenvalue weighted by molar-refractivity contribution is -0.129. The minimum atomic E-state index is -0.456. The fourth-order valence-electron chi connectivity index (χ4n) is 4.40. The van der Waals surface area contributed by atoms with Crippen molar-refractivity contribution in [3.8, 4) is 0 Å². The van der Waals surface area contributed by atoms with E-state index in [4.69, 9.17) is 4.74 Å². The van der Waals surface area contributed by atoms with E-state index in [-0.39, 0.29) is 18.2 Å². The Morgan fingerprint density at radius 3 is 2.56 bits per heavy atom. The first-order valence-corrected chi connectivity index (χ1v) is 10.8. The van der Waals surface area contributed by atoms with Gasteiger partial charge in [0.1, 0.15) is 0 Å². The van der Waals surface area contributed by atoms with Gasteiger partial charge >= 0.3 is 5.97 Å². The summed E-state index contributed by atoms with van der Waals surface area (Å²) in [5, 5.41) is 2.99. The van der Waals surface area contributed by atoms with E-state index < -0.39 is 12.0 Å². The van der Waals surface area contributed by atoms with E-state index in [0.29, 0.717) is 11.3 Å². The van der Waals surface area contributed by atoms with Crippen LogP contribution in [0.3, 0.4) is 0 Å². The normalized spacial score (nSPS) is 17.1. The quantitative estimate of drug-likeness (QED) is 0.722. The molecule has 2 aromatic carbocycles. The van der Waals surface area contributed by atoms with Crippen LogP contribution < -0.4 is 10.2 Å². The van der Waals surface area contributed by atoms with Gasteiger partial charge in [-0.15, -0.1) is 0 Å². The lowest BCUT2D eigenvalue weighted by Crippen LogP contribution is -2.33. The molecule has 2 aliphatic heterocycles. The predicted molar refractivity (Wildman–Crippen MR) is 123 cm³/mol. The maximum Gasteiger partial charge on any atom is 0.337 e. The molecule has 0 spiro atoms. The summed E-state index contributed by atoms with van der Waals surface area (Å²) in [4.78, 5) is 41.2. The number of rotatable bonds is 5. The van der Waals surface area contributed by atoms with E-state index >= 15 is 0 Å². The molecular weight excluding hydrogens is 406 g/mol. The van der Waals surface area contributed by atoms with Crippen molar-refractivity contribution in [3.05, 3.63) is 65.4 Å². The number of carbonyl (C=O) groups excluding carboxylic acids is 3. The molecule has 4 rings (SSSR count). The molecule has 166 valence electrons. The SMILES string of the molecule is COC(=O)c1ccc(N2CCCC2)c(NC(=O)CC2c3ccccc3C=CN2C(C)=O)c1. The van der Waals surface area contributed by atoms with E-state index in [1.54, 1.807) is 23.2 Å². The minimum absolute atomic E-state index is 0.100. The number of esters is 1. The Hall–Kier alpha value is -3.61. The summed E-state index contributed by atoms with van der Waals surface area (Å²) in [6.45, 7) is 3.30. The number of benzene rings is 2. The summed E-state index contributed by atoms with van der Waals surface area (Å²) in [7, 11) is 1.33. The molecule has 0 bridgehead atoms. The average molecular weight is 434 g/mol. The fourth-order valence-corrected chi connectivity index (χ4v) is 4.40. The number of amides is 2. The number of anilines is 2. The Kier molecular flexibility index (Phi) is 6.25. The topological polar surface area (TPSA) is 79.0 Å². The first kappa shape index (κ1) is 21.6. The van der Waals surface area contributed by atoms with Crippen LogP contribution in [0.1, 0.15) is 53.7 Å². The van der Waals surface area contributed by atoms with Crippen molar-refractivity contribution >= 4 is 35.2 Å². The van der Waals surface area contributed by atoms with E-state index in [9.17, 15) is 14.4 Å². The summed E-state index contributed by atoms with van der Waals surface area (Å²) in [5.74, 6) is -0.810. The summed E-state index contributed by atoms with van der Waals surface area (Å²) in [6, 6.07) is 12.6. The Bertz CT molecular complexity index is 1070. The van der Waals surface area contributed by atoms with Crippen LogP contribution >= 0.6 is 0 Å². The molecule has 7 nitrogen and oxygen atoms in total. The summed E-state index contributed by atoms with van der Waals surface area (Å²) >= 11 is 0. The fraction of sp³-hybridized carbons (Fsp3) is 0.320. The minimum Gasteiger partial charge on any atom is -0.465 e.